The standard InChI is InChI=1S/C24H23BrN6O2/c25-21-16-31-11-10-26-23(31)22(28-21)27-19-6-8-20(9-7-19)29-12-14-30(15-13-29)24(32)33-17-18-4-2-1-3-5-18/h1-11,16H,12-15,17H2,(H,27,28). The van der Waals surface area contributed by atoms with Gasteiger partial charge in [-0.15, -0.1) is 0 Å². The summed E-state index contributed by atoms with van der Waals surface area (Å²) in [6.07, 6.45) is 5.24. The van der Waals surface area contributed by atoms with Crippen molar-refractivity contribution in [1.82, 2.24) is 19.3 Å². The molecule has 2 aromatic heterocycles. The molecule has 1 aliphatic rings. The first-order valence-electron chi connectivity index (χ1n) is 10.7. The Morgan fingerprint density at radius 2 is 1.79 bits per heavy atom. The van der Waals surface area contributed by atoms with Gasteiger partial charge in [0.15, 0.2) is 11.5 Å². The second-order valence-electron chi connectivity index (χ2n) is 7.76. The third-order valence-electron chi connectivity index (χ3n) is 5.58. The van der Waals surface area contributed by atoms with E-state index in [1.54, 1.807) is 11.1 Å². The first-order valence-corrected chi connectivity index (χ1v) is 11.5. The van der Waals surface area contributed by atoms with Crippen molar-refractivity contribution >= 4 is 44.9 Å². The Morgan fingerprint density at radius 1 is 1.03 bits per heavy atom. The summed E-state index contributed by atoms with van der Waals surface area (Å²) in [6, 6.07) is 17.9. The van der Waals surface area contributed by atoms with Crippen molar-refractivity contribution in [3.63, 3.8) is 0 Å². The molecule has 4 aromatic rings. The fourth-order valence-electron chi connectivity index (χ4n) is 3.84. The van der Waals surface area contributed by atoms with Gasteiger partial charge in [-0.1, -0.05) is 30.3 Å². The molecule has 1 amide bonds. The lowest BCUT2D eigenvalue weighted by Crippen LogP contribution is -2.48. The number of carbonyl (C=O) groups excluding carboxylic acids is 1. The molecular formula is C24H23BrN6O2. The molecule has 0 unspecified atom stereocenters. The number of nitrogens with one attached hydrogen (secondary N) is 1. The van der Waals surface area contributed by atoms with Crippen LogP contribution < -0.4 is 10.2 Å². The highest BCUT2D eigenvalue weighted by Crippen LogP contribution is 2.24. The molecule has 5 rings (SSSR count). The molecule has 1 fully saturated rings. The molecule has 1 N–H and O–H groups in total. The zero-order chi connectivity index (χ0) is 22.6. The van der Waals surface area contributed by atoms with Crippen LogP contribution in [0.15, 0.2) is 77.8 Å². The van der Waals surface area contributed by atoms with Gasteiger partial charge in [0.1, 0.15) is 11.2 Å². The Bertz CT molecular complexity index is 1240. The number of hydrogen-bond acceptors (Lipinski definition) is 6. The van der Waals surface area contributed by atoms with Crippen LogP contribution in [0.1, 0.15) is 5.56 Å². The number of aromatic nitrogens is 3. The number of hydrogen-bond donors (Lipinski definition) is 1. The van der Waals surface area contributed by atoms with Crippen molar-refractivity contribution in [2.45, 2.75) is 6.61 Å². The number of ether oxygens (including phenoxy) is 1. The van der Waals surface area contributed by atoms with E-state index in [1.165, 1.54) is 0 Å². The maximum absolute atomic E-state index is 12.4. The third kappa shape index (κ3) is 4.93. The van der Waals surface area contributed by atoms with E-state index in [4.69, 9.17) is 4.74 Å². The number of piperazine rings is 1. The summed E-state index contributed by atoms with van der Waals surface area (Å²) in [5.74, 6) is 0.685. The number of amides is 1. The number of carbonyl (C=O) groups is 1. The molecular weight excluding hydrogens is 484 g/mol. The van der Waals surface area contributed by atoms with Crippen molar-refractivity contribution in [3.8, 4) is 0 Å². The maximum atomic E-state index is 12.4. The fraction of sp³-hybridized carbons (Fsp3) is 0.208. The smallest absolute Gasteiger partial charge is 0.410 e. The second-order valence-corrected chi connectivity index (χ2v) is 8.57. The molecule has 9 heteroatoms. The van der Waals surface area contributed by atoms with Crippen LogP contribution in [0.2, 0.25) is 0 Å². The number of imidazole rings is 1. The minimum Gasteiger partial charge on any atom is -0.445 e. The van der Waals surface area contributed by atoms with Crippen LogP contribution in [0.5, 0.6) is 0 Å². The van der Waals surface area contributed by atoms with E-state index in [-0.39, 0.29) is 6.09 Å². The largest absolute Gasteiger partial charge is 0.445 e. The van der Waals surface area contributed by atoms with E-state index in [9.17, 15) is 4.79 Å². The van der Waals surface area contributed by atoms with Crippen LogP contribution in [-0.4, -0.2) is 51.5 Å². The van der Waals surface area contributed by atoms with Gasteiger partial charge in [0.2, 0.25) is 0 Å². The molecule has 8 nitrogen and oxygen atoms in total. The van der Waals surface area contributed by atoms with Gasteiger partial charge in [-0.2, -0.15) is 0 Å². The van der Waals surface area contributed by atoms with Crippen molar-refractivity contribution in [2.24, 2.45) is 0 Å². The number of halogens is 1. The van der Waals surface area contributed by atoms with Crippen LogP contribution in [0.3, 0.4) is 0 Å². The minimum absolute atomic E-state index is 0.259. The van der Waals surface area contributed by atoms with Crippen LogP contribution >= 0.6 is 15.9 Å². The first kappa shape index (κ1) is 21.3. The maximum Gasteiger partial charge on any atom is 0.410 e. The zero-order valence-electron chi connectivity index (χ0n) is 17.9. The highest BCUT2D eigenvalue weighted by molar-refractivity contribution is 9.10. The summed E-state index contributed by atoms with van der Waals surface area (Å²) in [5, 5.41) is 3.34. The highest BCUT2D eigenvalue weighted by atomic mass is 79.9. The average molecular weight is 507 g/mol. The Hall–Kier alpha value is -3.59. The number of fused-ring (bicyclic) bond motifs is 1. The van der Waals surface area contributed by atoms with E-state index < -0.39 is 0 Å². The van der Waals surface area contributed by atoms with Gasteiger partial charge >= 0.3 is 6.09 Å². The van der Waals surface area contributed by atoms with Crippen LogP contribution in [0.25, 0.3) is 5.65 Å². The fourth-order valence-corrected chi connectivity index (χ4v) is 4.23. The third-order valence-corrected chi connectivity index (χ3v) is 5.96. The summed E-state index contributed by atoms with van der Waals surface area (Å²) < 4.78 is 8.10. The highest BCUT2D eigenvalue weighted by Gasteiger charge is 2.22. The summed E-state index contributed by atoms with van der Waals surface area (Å²) in [4.78, 5) is 25.3. The number of nitrogens with zero attached hydrogens (tertiary/aromatic N) is 5. The number of rotatable bonds is 5. The van der Waals surface area contributed by atoms with Gasteiger partial charge in [-0.05, 0) is 45.8 Å². The van der Waals surface area contributed by atoms with E-state index in [0.29, 0.717) is 25.5 Å². The van der Waals surface area contributed by atoms with Gasteiger partial charge < -0.3 is 24.3 Å². The summed E-state index contributed by atoms with van der Waals surface area (Å²) in [5.41, 5.74) is 3.80. The lowest BCUT2D eigenvalue weighted by molar-refractivity contribution is 0.0942. The van der Waals surface area contributed by atoms with Crippen molar-refractivity contribution in [1.29, 1.82) is 0 Å². The molecule has 168 valence electrons. The predicted molar refractivity (Wildman–Crippen MR) is 131 cm³/mol. The van der Waals surface area contributed by atoms with E-state index in [0.717, 1.165) is 40.3 Å². The Labute approximate surface area is 199 Å². The van der Waals surface area contributed by atoms with E-state index in [1.807, 2.05) is 59.3 Å². The van der Waals surface area contributed by atoms with Gasteiger partial charge in [0.05, 0.1) is 0 Å². The molecule has 3 heterocycles. The molecule has 2 aromatic carbocycles. The predicted octanol–water partition coefficient (Wildman–Crippen LogP) is 4.69. The average Bonchev–Trinajstić information content (AvgIpc) is 3.32. The molecule has 0 aliphatic carbocycles. The number of anilines is 3. The van der Waals surface area contributed by atoms with Crippen LogP contribution in [0.4, 0.5) is 22.0 Å². The normalized spacial score (nSPS) is 13.8. The second kappa shape index (κ2) is 9.50. The van der Waals surface area contributed by atoms with Crippen molar-refractivity contribution < 1.29 is 9.53 Å². The van der Waals surface area contributed by atoms with E-state index >= 15 is 0 Å². The molecule has 0 radical (unpaired) electrons. The SMILES string of the molecule is O=C(OCc1ccccc1)N1CCN(c2ccc(Nc3nc(Br)cn4ccnc34)cc2)CC1. The van der Waals surface area contributed by atoms with Gasteiger partial charge in [-0.3, -0.25) is 0 Å². The summed E-state index contributed by atoms with van der Waals surface area (Å²) in [6.45, 7) is 3.08. The molecule has 0 saturated carbocycles. The molecule has 0 bridgehead atoms. The monoisotopic (exact) mass is 506 g/mol. The summed E-state index contributed by atoms with van der Waals surface area (Å²) in [7, 11) is 0. The minimum atomic E-state index is -0.259. The van der Waals surface area contributed by atoms with Crippen LogP contribution in [-0.2, 0) is 11.3 Å². The van der Waals surface area contributed by atoms with Gasteiger partial charge in [0.25, 0.3) is 0 Å². The quantitative estimate of drug-likeness (QED) is 0.423. The van der Waals surface area contributed by atoms with Crippen molar-refractivity contribution in [2.75, 3.05) is 36.4 Å². The van der Waals surface area contributed by atoms with Gasteiger partial charge in [-0.25, -0.2) is 14.8 Å². The first-order chi connectivity index (χ1) is 16.2. The molecule has 0 spiro atoms. The molecule has 33 heavy (non-hydrogen) atoms. The van der Waals surface area contributed by atoms with Crippen molar-refractivity contribution in [3.05, 3.63) is 83.4 Å². The topological polar surface area (TPSA) is 75.0 Å². The summed E-state index contributed by atoms with van der Waals surface area (Å²) >= 11 is 3.44. The molecule has 1 saturated heterocycles. The zero-order valence-corrected chi connectivity index (χ0v) is 19.5. The van der Waals surface area contributed by atoms with Crippen LogP contribution in [0, 0.1) is 0 Å². The Morgan fingerprint density at radius 3 is 2.55 bits per heavy atom. The Balaban J connectivity index is 1.16. The van der Waals surface area contributed by atoms with E-state index in [2.05, 4.69) is 48.2 Å². The molecule has 1 aliphatic heterocycles. The number of benzene rings is 2. The lowest BCUT2D eigenvalue weighted by Gasteiger charge is -2.35. The molecule has 0 atom stereocenters. The Kier molecular flexibility index (Phi) is 6.12. The van der Waals surface area contributed by atoms with Gasteiger partial charge in [0, 0.05) is 56.1 Å². The lowest BCUT2D eigenvalue weighted by atomic mass is 10.2.